The molecule has 0 amide bonds. The molecule has 0 atom stereocenters. The average molecular weight is 313 g/mol. The first-order valence-electron chi connectivity index (χ1n) is 5.86. The molecule has 102 valence electrons. The van der Waals surface area contributed by atoms with Crippen molar-refractivity contribution in [3.63, 3.8) is 0 Å². The smallest absolute Gasteiger partial charge is 0.181 e. The molecular formula is C11H15N5S3. The van der Waals surface area contributed by atoms with E-state index in [2.05, 4.69) is 32.4 Å². The standard InChI is InChI=1S/C11H15N5S3/c1-4-5-7-13-8(12-2)6-9(14-7)18-11-16-15-10(17-3)19-11/h6H,4-5H2,1-3H3,(H,12,13,14). The van der Waals surface area contributed by atoms with E-state index in [1.807, 2.05) is 19.4 Å². The number of thioether (sulfide) groups is 1. The van der Waals surface area contributed by atoms with Crippen LogP contribution in [0.1, 0.15) is 19.2 Å². The number of anilines is 1. The molecule has 2 rings (SSSR count). The van der Waals surface area contributed by atoms with E-state index < -0.39 is 0 Å². The molecule has 0 bridgehead atoms. The Balaban J connectivity index is 2.20. The van der Waals surface area contributed by atoms with Crippen LogP contribution in [0, 0.1) is 0 Å². The fourth-order valence-corrected chi connectivity index (χ4v) is 3.80. The van der Waals surface area contributed by atoms with E-state index >= 15 is 0 Å². The van der Waals surface area contributed by atoms with Gasteiger partial charge in [0.15, 0.2) is 8.68 Å². The molecular weight excluding hydrogens is 298 g/mol. The predicted octanol–water partition coefficient (Wildman–Crippen LogP) is 3.20. The summed E-state index contributed by atoms with van der Waals surface area (Å²) in [5, 5.41) is 12.2. The average Bonchev–Trinajstić information content (AvgIpc) is 2.86. The molecule has 2 heterocycles. The number of hydrogen-bond acceptors (Lipinski definition) is 8. The number of nitrogens with one attached hydrogen (secondary N) is 1. The summed E-state index contributed by atoms with van der Waals surface area (Å²) in [6, 6.07) is 1.93. The lowest BCUT2D eigenvalue weighted by Crippen LogP contribution is -2.01. The number of aryl methyl sites for hydroxylation is 1. The predicted molar refractivity (Wildman–Crippen MR) is 81.4 cm³/mol. The van der Waals surface area contributed by atoms with Gasteiger partial charge >= 0.3 is 0 Å². The lowest BCUT2D eigenvalue weighted by Gasteiger charge is -2.05. The van der Waals surface area contributed by atoms with Crippen LogP contribution in [0.15, 0.2) is 19.8 Å². The van der Waals surface area contributed by atoms with Gasteiger partial charge in [-0.3, -0.25) is 0 Å². The van der Waals surface area contributed by atoms with Crippen molar-refractivity contribution in [2.24, 2.45) is 0 Å². The van der Waals surface area contributed by atoms with Gasteiger partial charge in [-0.25, -0.2) is 9.97 Å². The van der Waals surface area contributed by atoms with E-state index in [-0.39, 0.29) is 0 Å². The van der Waals surface area contributed by atoms with Crippen molar-refractivity contribution in [1.82, 2.24) is 20.2 Å². The summed E-state index contributed by atoms with van der Waals surface area (Å²) in [5.74, 6) is 1.71. The third kappa shape index (κ3) is 4.05. The fourth-order valence-electron chi connectivity index (χ4n) is 1.40. The summed E-state index contributed by atoms with van der Waals surface area (Å²) < 4.78 is 1.88. The van der Waals surface area contributed by atoms with Crippen LogP contribution in [0.2, 0.25) is 0 Å². The molecule has 0 spiro atoms. The van der Waals surface area contributed by atoms with Crippen molar-refractivity contribution in [2.45, 2.75) is 33.5 Å². The van der Waals surface area contributed by atoms with Crippen LogP contribution >= 0.6 is 34.9 Å². The highest BCUT2D eigenvalue weighted by Crippen LogP contribution is 2.32. The van der Waals surface area contributed by atoms with Crippen LogP contribution in [0.3, 0.4) is 0 Å². The first kappa shape index (κ1) is 14.5. The van der Waals surface area contributed by atoms with Crippen molar-refractivity contribution in [2.75, 3.05) is 18.6 Å². The Morgan fingerprint density at radius 2 is 2.05 bits per heavy atom. The maximum absolute atomic E-state index is 4.55. The first-order valence-corrected chi connectivity index (χ1v) is 8.72. The van der Waals surface area contributed by atoms with Crippen LogP contribution in [0.4, 0.5) is 5.82 Å². The van der Waals surface area contributed by atoms with Crippen LogP contribution in [0.5, 0.6) is 0 Å². The Hall–Kier alpha value is -0.860. The molecule has 0 aromatic carbocycles. The molecule has 0 saturated heterocycles. The van der Waals surface area contributed by atoms with Crippen molar-refractivity contribution < 1.29 is 0 Å². The van der Waals surface area contributed by atoms with Gasteiger partial charge in [-0.05, 0) is 24.4 Å². The highest BCUT2D eigenvalue weighted by Gasteiger charge is 2.09. The number of aromatic nitrogens is 4. The number of rotatable bonds is 6. The zero-order valence-corrected chi connectivity index (χ0v) is 13.5. The zero-order valence-electron chi connectivity index (χ0n) is 11.0. The largest absolute Gasteiger partial charge is 0.373 e. The molecule has 2 aromatic rings. The highest BCUT2D eigenvalue weighted by molar-refractivity contribution is 8.02. The minimum atomic E-state index is 0.843. The lowest BCUT2D eigenvalue weighted by atomic mass is 10.3. The Kier molecular flexibility index (Phi) is 5.41. The Labute approximate surface area is 125 Å². The van der Waals surface area contributed by atoms with Gasteiger partial charge in [0.1, 0.15) is 16.7 Å². The quantitative estimate of drug-likeness (QED) is 0.649. The highest BCUT2D eigenvalue weighted by atomic mass is 32.2. The Morgan fingerprint density at radius 3 is 2.68 bits per heavy atom. The Morgan fingerprint density at radius 1 is 1.26 bits per heavy atom. The van der Waals surface area contributed by atoms with E-state index in [1.165, 1.54) is 11.8 Å². The number of hydrogen-bond donors (Lipinski definition) is 1. The van der Waals surface area contributed by atoms with Crippen molar-refractivity contribution in [3.05, 3.63) is 11.9 Å². The van der Waals surface area contributed by atoms with Crippen molar-refractivity contribution in [1.29, 1.82) is 0 Å². The summed E-state index contributed by atoms with van der Waals surface area (Å²) in [6.07, 6.45) is 3.92. The maximum Gasteiger partial charge on any atom is 0.181 e. The Bertz CT molecular complexity index is 543. The molecule has 0 fully saturated rings. The molecule has 5 nitrogen and oxygen atoms in total. The third-order valence-corrected chi connectivity index (χ3v) is 5.10. The molecule has 0 saturated carbocycles. The van der Waals surface area contributed by atoms with Gasteiger partial charge in [0.05, 0.1) is 0 Å². The molecule has 19 heavy (non-hydrogen) atoms. The van der Waals surface area contributed by atoms with E-state index in [1.54, 1.807) is 23.1 Å². The maximum atomic E-state index is 4.55. The molecule has 0 aliphatic heterocycles. The minimum absolute atomic E-state index is 0.843. The van der Waals surface area contributed by atoms with E-state index in [0.29, 0.717) is 0 Å². The first-order chi connectivity index (χ1) is 9.25. The van der Waals surface area contributed by atoms with Crippen LogP contribution < -0.4 is 5.32 Å². The number of nitrogens with zero attached hydrogens (tertiary/aromatic N) is 4. The van der Waals surface area contributed by atoms with Gasteiger partial charge in [0, 0.05) is 19.5 Å². The second kappa shape index (κ2) is 7.06. The summed E-state index contributed by atoms with van der Waals surface area (Å²) >= 11 is 4.72. The van der Waals surface area contributed by atoms with Gasteiger partial charge < -0.3 is 5.32 Å². The van der Waals surface area contributed by atoms with Crippen molar-refractivity contribution in [3.8, 4) is 0 Å². The van der Waals surface area contributed by atoms with Gasteiger partial charge in [-0.2, -0.15) is 0 Å². The van der Waals surface area contributed by atoms with Gasteiger partial charge in [0.25, 0.3) is 0 Å². The summed E-state index contributed by atoms with van der Waals surface area (Å²) in [7, 11) is 1.86. The van der Waals surface area contributed by atoms with Crippen LogP contribution in [-0.2, 0) is 6.42 Å². The van der Waals surface area contributed by atoms with E-state index in [0.717, 1.165) is 38.2 Å². The SMILES string of the molecule is CCCc1nc(NC)cc(Sc2nnc(SC)s2)n1. The lowest BCUT2D eigenvalue weighted by molar-refractivity contribution is 0.811. The molecule has 0 aliphatic rings. The van der Waals surface area contributed by atoms with E-state index in [4.69, 9.17) is 0 Å². The molecule has 0 radical (unpaired) electrons. The molecule has 1 N–H and O–H groups in total. The fraction of sp³-hybridized carbons (Fsp3) is 0.455. The second-order valence-corrected chi connectivity index (χ2v) is 6.95. The van der Waals surface area contributed by atoms with Crippen LogP contribution in [0.25, 0.3) is 0 Å². The summed E-state index contributed by atoms with van der Waals surface area (Å²) in [6.45, 7) is 2.12. The van der Waals surface area contributed by atoms with Crippen LogP contribution in [-0.4, -0.2) is 33.5 Å². The molecule has 0 aliphatic carbocycles. The third-order valence-electron chi connectivity index (χ3n) is 2.23. The minimum Gasteiger partial charge on any atom is -0.373 e. The zero-order chi connectivity index (χ0) is 13.7. The van der Waals surface area contributed by atoms with Gasteiger partial charge in [-0.15, -0.1) is 10.2 Å². The molecule has 2 aromatic heterocycles. The summed E-state index contributed by atoms with van der Waals surface area (Å²) in [4.78, 5) is 8.98. The molecule has 8 heteroatoms. The monoisotopic (exact) mass is 313 g/mol. The van der Waals surface area contributed by atoms with Gasteiger partial charge in [0.2, 0.25) is 0 Å². The second-order valence-electron chi connectivity index (χ2n) is 3.65. The van der Waals surface area contributed by atoms with Crippen molar-refractivity contribution >= 4 is 40.7 Å². The topological polar surface area (TPSA) is 63.6 Å². The van der Waals surface area contributed by atoms with E-state index in [9.17, 15) is 0 Å². The van der Waals surface area contributed by atoms with Gasteiger partial charge in [-0.1, -0.05) is 30.0 Å². The molecule has 0 unspecified atom stereocenters. The summed E-state index contributed by atoms with van der Waals surface area (Å²) in [5.41, 5.74) is 0. The normalized spacial score (nSPS) is 10.7.